The highest BCUT2D eigenvalue weighted by Gasteiger charge is 2.01. The van der Waals surface area contributed by atoms with Crippen LogP contribution in [0.3, 0.4) is 0 Å². The monoisotopic (exact) mass is 275 g/mol. The Kier molecular flexibility index (Phi) is 5.31. The first-order chi connectivity index (χ1) is 9.28. The van der Waals surface area contributed by atoms with E-state index in [1.54, 1.807) is 0 Å². The summed E-state index contributed by atoms with van der Waals surface area (Å²) in [6.45, 7) is 3.96. The Morgan fingerprint density at radius 3 is 2.68 bits per heavy atom. The van der Waals surface area contributed by atoms with E-state index < -0.39 is 0 Å². The minimum absolute atomic E-state index is 0.735. The molecule has 0 atom stereocenters. The molecule has 0 radical (unpaired) electrons. The second-order valence-electron chi connectivity index (χ2n) is 4.44. The molecule has 0 saturated heterocycles. The van der Waals surface area contributed by atoms with E-state index in [0.717, 1.165) is 42.5 Å². The summed E-state index contributed by atoms with van der Waals surface area (Å²) in [4.78, 5) is 8.87. The minimum Gasteiger partial charge on any atom is -0.311 e. The quantitative estimate of drug-likeness (QED) is 0.823. The van der Waals surface area contributed by atoms with Gasteiger partial charge in [-0.2, -0.15) is 0 Å². The SMILES string of the molecule is CCCNCc1ccnc(Cc2ccc(Cl)cc2)n1. The lowest BCUT2D eigenvalue weighted by Crippen LogP contribution is -2.15. The summed E-state index contributed by atoms with van der Waals surface area (Å²) >= 11 is 5.87. The van der Waals surface area contributed by atoms with Crippen LogP contribution in [0.15, 0.2) is 36.5 Å². The minimum atomic E-state index is 0.735. The first-order valence-corrected chi connectivity index (χ1v) is 6.91. The molecule has 0 aliphatic rings. The molecule has 0 fully saturated rings. The van der Waals surface area contributed by atoms with Gasteiger partial charge in [-0.1, -0.05) is 30.7 Å². The predicted octanol–water partition coefficient (Wildman–Crippen LogP) is 3.22. The van der Waals surface area contributed by atoms with Gasteiger partial charge in [-0.15, -0.1) is 0 Å². The molecule has 2 aromatic rings. The van der Waals surface area contributed by atoms with Gasteiger partial charge in [0, 0.05) is 24.2 Å². The van der Waals surface area contributed by atoms with Crippen LogP contribution in [0.25, 0.3) is 0 Å². The van der Waals surface area contributed by atoms with Crippen molar-refractivity contribution >= 4 is 11.6 Å². The number of hydrogen-bond acceptors (Lipinski definition) is 3. The summed E-state index contributed by atoms with van der Waals surface area (Å²) in [7, 11) is 0. The lowest BCUT2D eigenvalue weighted by Gasteiger charge is -2.05. The van der Waals surface area contributed by atoms with E-state index in [9.17, 15) is 0 Å². The van der Waals surface area contributed by atoms with Gasteiger partial charge in [-0.05, 0) is 36.7 Å². The second-order valence-corrected chi connectivity index (χ2v) is 4.88. The van der Waals surface area contributed by atoms with E-state index in [1.165, 1.54) is 5.56 Å². The van der Waals surface area contributed by atoms with Gasteiger partial charge in [0.2, 0.25) is 0 Å². The van der Waals surface area contributed by atoms with Crippen molar-refractivity contribution in [1.29, 1.82) is 0 Å². The number of nitrogens with one attached hydrogen (secondary N) is 1. The van der Waals surface area contributed by atoms with Crippen molar-refractivity contribution in [3.8, 4) is 0 Å². The molecular weight excluding hydrogens is 258 g/mol. The maximum Gasteiger partial charge on any atom is 0.132 e. The normalized spacial score (nSPS) is 10.6. The summed E-state index contributed by atoms with van der Waals surface area (Å²) in [6, 6.07) is 9.75. The van der Waals surface area contributed by atoms with E-state index in [4.69, 9.17) is 11.6 Å². The largest absolute Gasteiger partial charge is 0.311 e. The van der Waals surface area contributed by atoms with Gasteiger partial charge in [0.1, 0.15) is 5.82 Å². The van der Waals surface area contributed by atoms with Gasteiger partial charge in [-0.25, -0.2) is 9.97 Å². The standard InChI is InChI=1S/C15H18ClN3/c1-2-8-17-11-14-7-9-18-15(19-14)10-12-3-5-13(16)6-4-12/h3-7,9,17H,2,8,10-11H2,1H3. The van der Waals surface area contributed by atoms with Gasteiger partial charge in [-0.3, -0.25) is 0 Å². The third kappa shape index (κ3) is 4.62. The lowest BCUT2D eigenvalue weighted by atomic mass is 10.1. The third-order valence-corrected chi connectivity index (χ3v) is 3.02. The number of halogens is 1. The van der Waals surface area contributed by atoms with Crippen molar-refractivity contribution in [3.05, 3.63) is 58.6 Å². The van der Waals surface area contributed by atoms with Crippen LogP contribution in [0.4, 0.5) is 0 Å². The Morgan fingerprint density at radius 2 is 1.95 bits per heavy atom. The van der Waals surface area contributed by atoms with Crippen LogP contribution in [0.1, 0.15) is 30.4 Å². The molecule has 0 aliphatic carbocycles. The fraction of sp³-hybridized carbons (Fsp3) is 0.333. The molecule has 0 aliphatic heterocycles. The molecule has 1 N–H and O–H groups in total. The molecule has 0 bridgehead atoms. The predicted molar refractivity (Wildman–Crippen MR) is 78.3 cm³/mol. The van der Waals surface area contributed by atoms with Crippen LogP contribution < -0.4 is 5.32 Å². The zero-order chi connectivity index (χ0) is 13.5. The Bertz CT molecular complexity index is 511. The number of benzene rings is 1. The average Bonchev–Trinajstić information content (AvgIpc) is 2.42. The number of hydrogen-bond donors (Lipinski definition) is 1. The average molecular weight is 276 g/mol. The van der Waals surface area contributed by atoms with Crippen molar-refractivity contribution in [1.82, 2.24) is 15.3 Å². The van der Waals surface area contributed by atoms with Crippen molar-refractivity contribution in [2.45, 2.75) is 26.3 Å². The molecule has 2 rings (SSSR count). The fourth-order valence-electron chi connectivity index (χ4n) is 1.80. The molecule has 3 nitrogen and oxygen atoms in total. The van der Waals surface area contributed by atoms with Crippen LogP contribution in [-0.4, -0.2) is 16.5 Å². The smallest absolute Gasteiger partial charge is 0.132 e. The Morgan fingerprint density at radius 1 is 1.16 bits per heavy atom. The zero-order valence-corrected chi connectivity index (χ0v) is 11.8. The Labute approximate surface area is 119 Å². The Balaban J connectivity index is 2.00. The van der Waals surface area contributed by atoms with Crippen molar-refractivity contribution in [3.63, 3.8) is 0 Å². The molecule has 19 heavy (non-hydrogen) atoms. The summed E-state index contributed by atoms with van der Waals surface area (Å²) in [5, 5.41) is 4.09. The Hall–Kier alpha value is -1.45. The molecule has 1 aromatic heterocycles. The van der Waals surface area contributed by atoms with Gasteiger partial charge in [0.15, 0.2) is 0 Å². The molecule has 1 heterocycles. The lowest BCUT2D eigenvalue weighted by molar-refractivity contribution is 0.659. The molecule has 0 spiro atoms. The van der Waals surface area contributed by atoms with E-state index in [1.807, 2.05) is 36.5 Å². The summed E-state index contributed by atoms with van der Waals surface area (Å²) in [5.41, 5.74) is 2.20. The van der Waals surface area contributed by atoms with E-state index in [0.29, 0.717) is 0 Å². The molecule has 0 saturated carbocycles. The highest BCUT2D eigenvalue weighted by molar-refractivity contribution is 6.30. The second kappa shape index (κ2) is 7.22. The van der Waals surface area contributed by atoms with Gasteiger partial charge < -0.3 is 5.32 Å². The molecule has 100 valence electrons. The van der Waals surface area contributed by atoms with Crippen molar-refractivity contribution in [2.24, 2.45) is 0 Å². The summed E-state index contributed by atoms with van der Waals surface area (Å²) < 4.78 is 0. The highest BCUT2D eigenvalue weighted by Crippen LogP contribution is 2.11. The summed E-state index contributed by atoms with van der Waals surface area (Å²) in [6.07, 6.45) is 3.68. The first-order valence-electron chi connectivity index (χ1n) is 6.54. The van der Waals surface area contributed by atoms with Crippen LogP contribution in [0.2, 0.25) is 5.02 Å². The van der Waals surface area contributed by atoms with Crippen LogP contribution in [0, 0.1) is 0 Å². The van der Waals surface area contributed by atoms with Gasteiger partial charge >= 0.3 is 0 Å². The topological polar surface area (TPSA) is 37.8 Å². The fourth-order valence-corrected chi connectivity index (χ4v) is 1.93. The van der Waals surface area contributed by atoms with Crippen molar-refractivity contribution in [2.75, 3.05) is 6.54 Å². The van der Waals surface area contributed by atoms with Crippen LogP contribution in [0.5, 0.6) is 0 Å². The highest BCUT2D eigenvalue weighted by atomic mass is 35.5. The van der Waals surface area contributed by atoms with E-state index >= 15 is 0 Å². The van der Waals surface area contributed by atoms with E-state index in [-0.39, 0.29) is 0 Å². The number of rotatable bonds is 6. The third-order valence-electron chi connectivity index (χ3n) is 2.77. The molecule has 0 amide bonds. The number of nitrogens with zero attached hydrogens (tertiary/aromatic N) is 2. The molecule has 1 aromatic carbocycles. The van der Waals surface area contributed by atoms with E-state index in [2.05, 4.69) is 22.2 Å². The van der Waals surface area contributed by atoms with Gasteiger partial charge in [0.25, 0.3) is 0 Å². The van der Waals surface area contributed by atoms with Crippen molar-refractivity contribution < 1.29 is 0 Å². The van der Waals surface area contributed by atoms with Crippen LogP contribution >= 0.6 is 11.6 Å². The van der Waals surface area contributed by atoms with Crippen LogP contribution in [-0.2, 0) is 13.0 Å². The number of aromatic nitrogens is 2. The molecular formula is C15H18ClN3. The first kappa shape index (κ1) is 14.0. The molecule has 0 unspecified atom stereocenters. The maximum atomic E-state index is 5.87. The van der Waals surface area contributed by atoms with Gasteiger partial charge in [0.05, 0.1) is 5.69 Å². The molecule has 4 heteroatoms. The maximum absolute atomic E-state index is 5.87. The summed E-state index contributed by atoms with van der Waals surface area (Å²) in [5.74, 6) is 0.845. The zero-order valence-electron chi connectivity index (χ0n) is 11.1.